The zero-order valence-corrected chi connectivity index (χ0v) is 10.9. The molecule has 0 heterocycles. The summed E-state index contributed by atoms with van der Waals surface area (Å²) in [6.07, 6.45) is 0. The Bertz CT molecular complexity index is 346. The monoisotopic (exact) mass is 264 g/mol. The third-order valence-corrected chi connectivity index (χ3v) is 8.87. The molecule has 0 atom stereocenters. The molecule has 14 heavy (non-hydrogen) atoms. The molecule has 0 saturated heterocycles. The molecule has 0 fully saturated rings. The van der Waals surface area contributed by atoms with Crippen LogP contribution in [0, 0.1) is 0 Å². The average Bonchev–Trinajstić information content (AvgIpc) is 2.30. The Morgan fingerprint density at radius 3 is 1.36 bits per heavy atom. The Balaban J connectivity index is 2.30. The molecule has 0 N–H and O–H groups in total. The topological polar surface area (TPSA) is 0 Å². The summed E-state index contributed by atoms with van der Waals surface area (Å²) < 4.78 is 2.65. The Kier molecular flexibility index (Phi) is 3.27. The normalized spacial score (nSPS) is 10.4. The zero-order valence-electron chi connectivity index (χ0n) is 7.73. The predicted molar refractivity (Wildman–Crippen MR) is 65.2 cm³/mol. The summed E-state index contributed by atoms with van der Waals surface area (Å²) in [4.78, 5) is 0. The maximum absolute atomic E-state index is 6.52. The first-order chi connectivity index (χ1) is 6.88. The van der Waals surface area contributed by atoms with Crippen LogP contribution in [0.1, 0.15) is 0 Å². The molecule has 0 aliphatic rings. The van der Waals surface area contributed by atoms with Crippen molar-refractivity contribution < 1.29 is 0 Å². The second kappa shape index (κ2) is 4.67. The molecular weight excluding hydrogens is 252 g/mol. The molecule has 0 bridgehead atoms. The number of hydrogen-bond donors (Lipinski definition) is 0. The van der Waals surface area contributed by atoms with Gasteiger partial charge >= 0.3 is 92.9 Å². The summed E-state index contributed by atoms with van der Waals surface area (Å²) >= 11 is -1.94. The molecule has 70 valence electrons. The van der Waals surface area contributed by atoms with Gasteiger partial charge in [0, 0.05) is 0 Å². The molecule has 0 aliphatic heterocycles. The van der Waals surface area contributed by atoms with Crippen molar-refractivity contribution >= 4 is 32.2 Å². The van der Waals surface area contributed by atoms with E-state index in [4.69, 9.17) is 10.0 Å². The van der Waals surface area contributed by atoms with Crippen LogP contribution in [-0.4, -0.2) is 13.4 Å². The van der Waals surface area contributed by atoms with Gasteiger partial charge in [0.25, 0.3) is 0 Å². The van der Waals surface area contributed by atoms with Crippen molar-refractivity contribution in [2.75, 3.05) is 0 Å². The van der Waals surface area contributed by atoms with E-state index in [1.807, 2.05) is 12.1 Å². The van der Waals surface area contributed by atoms with Gasteiger partial charge in [0.1, 0.15) is 0 Å². The van der Waals surface area contributed by atoms with Gasteiger partial charge in [0.2, 0.25) is 0 Å². The summed E-state index contributed by atoms with van der Waals surface area (Å²) in [6.45, 7) is 0. The van der Waals surface area contributed by atoms with Crippen LogP contribution in [-0.2, 0) is 0 Å². The fourth-order valence-corrected chi connectivity index (χ4v) is 6.11. The van der Waals surface area contributed by atoms with E-state index in [1.165, 1.54) is 8.79 Å². The fourth-order valence-electron chi connectivity index (χ4n) is 1.44. The van der Waals surface area contributed by atoms with E-state index in [9.17, 15) is 0 Å². The Hall–Kier alpha value is -0.727. The van der Waals surface area contributed by atoms with E-state index >= 15 is 0 Å². The molecule has 0 unspecified atom stereocenters. The van der Waals surface area contributed by atoms with Crippen molar-refractivity contribution in [2.45, 2.75) is 0 Å². The van der Waals surface area contributed by atoms with E-state index < -0.39 is 13.4 Å². The van der Waals surface area contributed by atoms with Crippen LogP contribution in [0.2, 0.25) is 0 Å². The van der Waals surface area contributed by atoms with Crippen molar-refractivity contribution in [1.29, 1.82) is 0 Å². The van der Waals surface area contributed by atoms with E-state index in [1.54, 1.807) is 0 Å². The van der Waals surface area contributed by atoms with Crippen molar-refractivity contribution in [3.8, 4) is 0 Å². The van der Waals surface area contributed by atoms with Gasteiger partial charge < -0.3 is 0 Å². The summed E-state index contributed by atoms with van der Waals surface area (Å²) in [5, 5.41) is 0. The first kappa shape index (κ1) is 9.81. The van der Waals surface area contributed by atoms with Gasteiger partial charge in [-0.3, -0.25) is 0 Å². The number of rotatable bonds is 2. The molecule has 0 aliphatic carbocycles. The number of halogens is 1. The van der Waals surface area contributed by atoms with E-state index in [0.29, 0.717) is 0 Å². The van der Waals surface area contributed by atoms with Gasteiger partial charge in [-0.25, -0.2) is 0 Å². The Morgan fingerprint density at radius 2 is 1.00 bits per heavy atom. The van der Waals surface area contributed by atoms with Crippen molar-refractivity contribution in [1.82, 2.24) is 0 Å². The van der Waals surface area contributed by atoms with Crippen LogP contribution in [0.3, 0.4) is 0 Å². The number of benzene rings is 2. The first-order valence-electron chi connectivity index (χ1n) is 4.62. The van der Waals surface area contributed by atoms with Gasteiger partial charge in [0.05, 0.1) is 0 Å². The predicted octanol–water partition coefficient (Wildman–Crippen LogP) is 1.76. The van der Waals surface area contributed by atoms with Crippen LogP contribution < -0.4 is 8.79 Å². The molecule has 2 aromatic rings. The molecule has 0 saturated carbocycles. The SMILES string of the molecule is [Cl][GeH]([c]1ccccc1)[c]1ccccc1. The maximum atomic E-state index is 6.52. The minimum absolute atomic E-state index is 1.33. The van der Waals surface area contributed by atoms with E-state index in [0.717, 1.165) is 0 Å². The Labute approximate surface area is 92.8 Å². The molecule has 2 aromatic carbocycles. The first-order valence-corrected chi connectivity index (χ1v) is 10.2. The molecule has 0 aromatic heterocycles. The van der Waals surface area contributed by atoms with Crippen LogP contribution >= 0.6 is 10.0 Å². The minimum atomic E-state index is -1.94. The standard InChI is InChI=1S/C12H11ClGe/c13-14(11-7-3-1-4-8-11)12-9-5-2-6-10-12/h1-10,14H. The van der Waals surface area contributed by atoms with Crippen LogP contribution in [0.5, 0.6) is 0 Å². The Morgan fingerprint density at radius 1 is 0.643 bits per heavy atom. The van der Waals surface area contributed by atoms with E-state index in [2.05, 4.69) is 48.5 Å². The summed E-state index contributed by atoms with van der Waals surface area (Å²) in [5.41, 5.74) is 0. The molecule has 0 spiro atoms. The van der Waals surface area contributed by atoms with Crippen molar-refractivity contribution in [3.63, 3.8) is 0 Å². The second-order valence-electron chi connectivity index (χ2n) is 3.18. The summed E-state index contributed by atoms with van der Waals surface area (Å²) in [7, 11) is 6.52. The molecule has 0 radical (unpaired) electrons. The van der Waals surface area contributed by atoms with E-state index in [-0.39, 0.29) is 0 Å². The molecule has 2 rings (SSSR count). The molecule has 2 heteroatoms. The third-order valence-electron chi connectivity index (χ3n) is 2.18. The van der Waals surface area contributed by atoms with Crippen LogP contribution in [0.4, 0.5) is 0 Å². The second-order valence-corrected chi connectivity index (χ2v) is 9.77. The van der Waals surface area contributed by atoms with Crippen LogP contribution in [0.25, 0.3) is 0 Å². The quantitative estimate of drug-likeness (QED) is 0.724. The zero-order chi connectivity index (χ0) is 9.80. The van der Waals surface area contributed by atoms with Gasteiger partial charge in [-0.1, -0.05) is 0 Å². The van der Waals surface area contributed by atoms with Gasteiger partial charge in [0.15, 0.2) is 0 Å². The van der Waals surface area contributed by atoms with Crippen molar-refractivity contribution in [2.24, 2.45) is 0 Å². The molecule has 0 nitrogen and oxygen atoms in total. The number of hydrogen-bond acceptors (Lipinski definition) is 0. The molecular formula is C12H11ClGe. The van der Waals surface area contributed by atoms with Crippen molar-refractivity contribution in [3.05, 3.63) is 60.7 Å². The summed E-state index contributed by atoms with van der Waals surface area (Å²) in [6, 6.07) is 20.8. The van der Waals surface area contributed by atoms with Crippen LogP contribution in [0.15, 0.2) is 60.7 Å². The van der Waals surface area contributed by atoms with Gasteiger partial charge in [-0.2, -0.15) is 0 Å². The molecule has 0 amide bonds. The summed E-state index contributed by atoms with van der Waals surface area (Å²) in [5.74, 6) is 0. The van der Waals surface area contributed by atoms with Gasteiger partial charge in [-0.15, -0.1) is 0 Å². The fraction of sp³-hybridized carbons (Fsp3) is 0. The average molecular weight is 263 g/mol. The van der Waals surface area contributed by atoms with Gasteiger partial charge in [-0.05, 0) is 0 Å². The third kappa shape index (κ3) is 2.20.